The van der Waals surface area contributed by atoms with Crippen molar-refractivity contribution >= 4 is 51.5 Å². The standard InChI is InChI=1S/C24H22ClFIN3O/c25-22-10-5-18(27)15-21(22)24(31)28-19-6-8-20(9-7-19)30-13-11-29(12-14-30)16-17-3-1-2-4-23(17)26/h1-10,15H,11-14,16H2,(H,28,31). The van der Waals surface area contributed by atoms with Crippen molar-refractivity contribution in [2.45, 2.75) is 6.54 Å². The van der Waals surface area contributed by atoms with Gasteiger partial charge in [-0.2, -0.15) is 0 Å². The number of carbonyl (C=O) groups is 1. The number of nitrogens with zero attached hydrogens (tertiary/aromatic N) is 2. The number of hydrogen-bond donors (Lipinski definition) is 1. The Morgan fingerprint density at radius 3 is 2.42 bits per heavy atom. The molecule has 0 unspecified atom stereocenters. The highest BCUT2D eigenvalue weighted by Crippen LogP contribution is 2.23. The van der Waals surface area contributed by atoms with Gasteiger partial charge in [-0.25, -0.2) is 4.39 Å². The molecule has 31 heavy (non-hydrogen) atoms. The maximum Gasteiger partial charge on any atom is 0.257 e. The SMILES string of the molecule is O=C(Nc1ccc(N2CCN(Cc3ccccc3F)CC2)cc1)c1cc(I)ccc1Cl. The summed E-state index contributed by atoms with van der Waals surface area (Å²) in [6, 6.07) is 20.2. The quantitative estimate of drug-likeness (QED) is 0.418. The fourth-order valence-electron chi connectivity index (χ4n) is 3.66. The maximum absolute atomic E-state index is 13.9. The molecule has 4 nitrogen and oxygen atoms in total. The zero-order valence-corrected chi connectivity index (χ0v) is 19.7. The molecule has 0 spiro atoms. The Hall–Kier alpha value is -2.16. The van der Waals surface area contributed by atoms with Crippen molar-refractivity contribution in [2.75, 3.05) is 36.4 Å². The zero-order chi connectivity index (χ0) is 21.8. The third-order valence-electron chi connectivity index (χ3n) is 5.39. The summed E-state index contributed by atoms with van der Waals surface area (Å²) in [7, 11) is 0. The van der Waals surface area contributed by atoms with Crippen LogP contribution in [-0.2, 0) is 6.54 Å². The minimum absolute atomic E-state index is 0.144. The van der Waals surface area contributed by atoms with Crippen LogP contribution in [0.4, 0.5) is 15.8 Å². The second-order valence-corrected chi connectivity index (χ2v) is 9.13. The third kappa shape index (κ3) is 5.56. The van der Waals surface area contributed by atoms with Gasteiger partial charge in [0.2, 0.25) is 0 Å². The Morgan fingerprint density at radius 2 is 1.71 bits per heavy atom. The van der Waals surface area contributed by atoms with E-state index in [0.717, 1.165) is 46.7 Å². The number of benzene rings is 3. The minimum Gasteiger partial charge on any atom is -0.369 e. The molecular formula is C24H22ClFIN3O. The molecule has 1 saturated heterocycles. The molecule has 1 aliphatic heterocycles. The van der Waals surface area contributed by atoms with E-state index in [1.807, 2.05) is 42.5 Å². The van der Waals surface area contributed by atoms with Crippen molar-refractivity contribution in [1.82, 2.24) is 4.90 Å². The van der Waals surface area contributed by atoms with Crippen LogP contribution in [-0.4, -0.2) is 37.0 Å². The van der Waals surface area contributed by atoms with Crippen molar-refractivity contribution in [3.05, 3.63) is 92.3 Å². The second kappa shape index (κ2) is 9.97. The zero-order valence-electron chi connectivity index (χ0n) is 16.8. The number of halogens is 3. The van der Waals surface area contributed by atoms with Gasteiger partial charge in [0.1, 0.15) is 5.82 Å². The Balaban J connectivity index is 1.33. The topological polar surface area (TPSA) is 35.6 Å². The summed E-state index contributed by atoms with van der Waals surface area (Å²) in [5, 5.41) is 3.34. The number of carbonyl (C=O) groups excluding carboxylic acids is 1. The molecule has 0 radical (unpaired) electrons. The van der Waals surface area contributed by atoms with E-state index in [1.165, 1.54) is 6.07 Å². The van der Waals surface area contributed by atoms with Crippen LogP contribution in [0.2, 0.25) is 5.02 Å². The largest absolute Gasteiger partial charge is 0.369 e. The van der Waals surface area contributed by atoms with Gasteiger partial charge in [0.15, 0.2) is 0 Å². The van der Waals surface area contributed by atoms with Crippen molar-refractivity contribution in [1.29, 1.82) is 0 Å². The first-order valence-electron chi connectivity index (χ1n) is 10.1. The molecule has 7 heteroatoms. The molecule has 4 rings (SSSR count). The Kier molecular flexibility index (Phi) is 7.09. The number of piperazine rings is 1. The van der Waals surface area contributed by atoms with Crippen LogP contribution in [0.3, 0.4) is 0 Å². The lowest BCUT2D eigenvalue weighted by molar-refractivity contribution is 0.102. The van der Waals surface area contributed by atoms with Gasteiger partial charge in [-0.15, -0.1) is 0 Å². The number of hydrogen-bond acceptors (Lipinski definition) is 3. The van der Waals surface area contributed by atoms with Crippen molar-refractivity contribution in [3.63, 3.8) is 0 Å². The first-order chi connectivity index (χ1) is 15.0. The molecule has 0 aliphatic carbocycles. The van der Waals surface area contributed by atoms with E-state index in [1.54, 1.807) is 18.2 Å². The van der Waals surface area contributed by atoms with Gasteiger partial charge in [-0.3, -0.25) is 9.69 Å². The first kappa shape index (κ1) is 22.0. The van der Waals surface area contributed by atoms with Crippen LogP contribution in [0.25, 0.3) is 0 Å². The maximum atomic E-state index is 13.9. The lowest BCUT2D eigenvalue weighted by Gasteiger charge is -2.36. The van der Waals surface area contributed by atoms with Gasteiger partial charge < -0.3 is 10.2 Å². The van der Waals surface area contributed by atoms with Gasteiger partial charge in [-0.1, -0.05) is 29.8 Å². The summed E-state index contributed by atoms with van der Waals surface area (Å²) in [5.41, 5.74) is 3.03. The van der Waals surface area contributed by atoms with Gasteiger partial charge in [0, 0.05) is 53.2 Å². The molecule has 3 aromatic carbocycles. The normalized spacial score (nSPS) is 14.5. The molecule has 0 saturated carbocycles. The molecule has 1 heterocycles. The lowest BCUT2D eigenvalue weighted by atomic mass is 10.1. The fourth-order valence-corrected chi connectivity index (χ4v) is 4.35. The first-order valence-corrected chi connectivity index (χ1v) is 11.5. The van der Waals surface area contributed by atoms with Crippen LogP contribution in [0, 0.1) is 9.39 Å². The second-order valence-electron chi connectivity index (χ2n) is 7.48. The van der Waals surface area contributed by atoms with Gasteiger partial charge in [0.25, 0.3) is 5.91 Å². The van der Waals surface area contributed by atoms with E-state index < -0.39 is 0 Å². The lowest BCUT2D eigenvalue weighted by Crippen LogP contribution is -2.46. The monoisotopic (exact) mass is 549 g/mol. The molecular weight excluding hydrogens is 528 g/mol. The van der Waals surface area contributed by atoms with Crippen LogP contribution in [0.5, 0.6) is 0 Å². The van der Waals surface area contributed by atoms with Crippen LogP contribution >= 0.6 is 34.2 Å². The number of nitrogens with one attached hydrogen (secondary N) is 1. The molecule has 0 atom stereocenters. The smallest absolute Gasteiger partial charge is 0.257 e. The molecule has 1 fully saturated rings. The molecule has 0 aromatic heterocycles. The minimum atomic E-state index is -0.224. The highest BCUT2D eigenvalue weighted by Gasteiger charge is 2.18. The molecule has 0 bridgehead atoms. The van der Waals surface area contributed by atoms with Crippen LogP contribution in [0.1, 0.15) is 15.9 Å². The summed E-state index contributed by atoms with van der Waals surface area (Å²) in [6.45, 7) is 4.12. The number of rotatable bonds is 5. The van der Waals surface area contributed by atoms with Crippen LogP contribution in [0.15, 0.2) is 66.7 Å². The molecule has 1 aliphatic rings. The van der Waals surface area contributed by atoms with E-state index in [2.05, 4.69) is 37.7 Å². The number of amides is 1. The van der Waals surface area contributed by atoms with E-state index in [0.29, 0.717) is 17.1 Å². The molecule has 160 valence electrons. The van der Waals surface area contributed by atoms with Crippen molar-refractivity contribution in [2.24, 2.45) is 0 Å². The summed E-state index contributed by atoms with van der Waals surface area (Å²) in [5.74, 6) is -0.368. The number of anilines is 2. The Morgan fingerprint density at radius 1 is 1.00 bits per heavy atom. The molecule has 3 aromatic rings. The third-order valence-corrected chi connectivity index (χ3v) is 6.39. The van der Waals surface area contributed by atoms with Gasteiger partial charge >= 0.3 is 0 Å². The van der Waals surface area contributed by atoms with Crippen LogP contribution < -0.4 is 10.2 Å². The molecule has 1 N–H and O–H groups in total. The van der Waals surface area contributed by atoms with E-state index in [9.17, 15) is 9.18 Å². The summed E-state index contributed by atoms with van der Waals surface area (Å²) >= 11 is 8.32. The summed E-state index contributed by atoms with van der Waals surface area (Å²) in [4.78, 5) is 17.1. The summed E-state index contributed by atoms with van der Waals surface area (Å²) in [6.07, 6.45) is 0. The highest BCUT2D eigenvalue weighted by atomic mass is 127. The Bertz CT molecular complexity index is 1070. The van der Waals surface area contributed by atoms with E-state index in [-0.39, 0.29) is 11.7 Å². The summed E-state index contributed by atoms with van der Waals surface area (Å²) < 4.78 is 14.8. The average molecular weight is 550 g/mol. The fraction of sp³-hybridized carbons (Fsp3) is 0.208. The van der Waals surface area contributed by atoms with Gasteiger partial charge in [0.05, 0.1) is 10.6 Å². The average Bonchev–Trinajstić information content (AvgIpc) is 2.78. The van der Waals surface area contributed by atoms with Crippen molar-refractivity contribution < 1.29 is 9.18 Å². The van der Waals surface area contributed by atoms with E-state index in [4.69, 9.17) is 11.6 Å². The predicted molar refractivity (Wildman–Crippen MR) is 132 cm³/mol. The van der Waals surface area contributed by atoms with Crippen molar-refractivity contribution in [3.8, 4) is 0 Å². The molecule has 1 amide bonds. The van der Waals surface area contributed by atoms with E-state index >= 15 is 0 Å². The predicted octanol–water partition coefficient (Wildman–Crippen LogP) is 5.66. The van der Waals surface area contributed by atoms with Gasteiger partial charge in [-0.05, 0) is 71.1 Å². The Labute approximate surface area is 200 Å². The highest BCUT2D eigenvalue weighted by molar-refractivity contribution is 14.1.